The Balaban J connectivity index is 1.68. The first-order chi connectivity index (χ1) is 15.4. The average Bonchev–Trinajstić information content (AvgIpc) is 2.80. The van der Waals surface area contributed by atoms with Crippen LogP contribution in [0, 0.1) is 23.2 Å². The molecule has 3 rings (SSSR count). The highest BCUT2D eigenvalue weighted by atomic mass is 16.3. The predicted molar refractivity (Wildman–Crippen MR) is 139 cm³/mol. The quantitative estimate of drug-likeness (QED) is 0.435. The number of allylic oxidation sites excluding steroid dienone is 3. The average molecular weight is 435 g/mol. The molecule has 32 heavy (non-hydrogen) atoms. The molecule has 0 bridgehead atoms. The summed E-state index contributed by atoms with van der Waals surface area (Å²) in [5, 5.41) is 10.2. The topological polar surface area (TPSA) is 20.2 Å². The second-order valence-corrected chi connectivity index (χ2v) is 10.8. The molecule has 2 aliphatic rings. The summed E-state index contributed by atoms with van der Waals surface area (Å²) in [5.74, 6) is 2.11. The number of benzene rings is 1. The van der Waals surface area contributed by atoms with Crippen molar-refractivity contribution in [2.75, 3.05) is 0 Å². The molecule has 4 unspecified atom stereocenters. The lowest BCUT2D eigenvalue weighted by Gasteiger charge is -2.49. The Morgan fingerprint density at radius 3 is 2.59 bits per heavy atom. The monoisotopic (exact) mass is 434 g/mol. The number of hydrogen-bond donors (Lipinski definition) is 1. The fraction of sp³-hybridized carbons (Fsp3) is 0.613. The second-order valence-electron chi connectivity index (χ2n) is 10.8. The van der Waals surface area contributed by atoms with Crippen LogP contribution < -0.4 is 0 Å². The van der Waals surface area contributed by atoms with Crippen LogP contribution in [0.25, 0.3) is 0 Å². The van der Waals surface area contributed by atoms with Crippen LogP contribution in [-0.2, 0) is 6.42 Å². The molecule has 2 saturated carbocycles. The van der Waals surface area contributed by atoms with E-state index in [2.05, 4.69) is 76.8 Å². The molecule has 0 radical (unpaired) electrons. The molecule has 2 fully saturated rings. The maximum Gasteiger partial charge on any atom is 0.0787 e. The van der Waals surface area contributed by atoms with Crippen molar-refractivity contribution in [1.29, 1.82) is 0 Å². The van der Waals surface area contributed by atoms with Crippen molar-refractivity contribution in [2.45, 2.75) is 98.0 Å². The van der Waals surface area contributed by atoms with E-state index < -0.39 is 0 Å². The van der Waals surface area contributed by atoms with Gasteiger partial charge in [0.15, 0.2) is 0 Å². The third-order valence-corrected chi connectivity index (χ3v) is 8.93. The van der Waals surface area contributed by atoms with Crippen LogP contribution in [0.3, 0.4) is 0 Å². The molecule has 5 atom stereocenters. The summed E-state index contributed by atoms with van der Waals surface area (Å²) in [4.78, 5) is 0. The Morgan fingerprint density at radius 1 is 1.12 bits per heavy atom. The van der Waals surface area contributed by atoms with Gasteiger partial charge in [0.05, 0.1) is 6.10 Å². The lowest BCUT2D eigenvalue weighted by molar-refractivity contribution is 0.0483. The maximum absolute atomic E-state index is 10.2. The number of aryl methyl sites for hydroxylation is 1. The van der Waals surface area contributed by atoms with Gasteiger partial charge in [0.1, 0.15) is 0 Å². The molecule has 0 saturated heterocycles. The fourth-order valence-corrected chi connectivity index (χ4v) is 6.52. The lowest BCUT2D eigenvalue weighted by atomic mass is 9.56. The van der Waals surface area contributed by atoms with E-state index in [9.17, 15) is 5.11 Å². The zero-order valence-electron chi connectivity index (χ0n) is 21.1. The van der Waals surface area contributed by atoms with Crippen molar-refractivity contribution in [3.8, 4) is 0 Å². The minimum absolute atomic E-state index is 0.344. The van der Waals surface area contributed by atoms with Gasteiger partial charge in [-0.3, -0.25) is 0 Å². The van der Waals surface area contributed by atoms with Crippen molar-refractivity contribution in [1.82, 2.24) is 0 Å². The number of rotatable bonds is 8. The van der Waals surface area contributed by atoms with E-state index in [0.717, 1.165) is 30.8 Å². The van der Waals surface area contributed by atoms with E-state index >= 15 is 0 Å². The lowest BCUT2D eigenvalue weighted by Crippen LogP contribution is -2.40. The van der Waals surface area contributed by atoms with Crippen molar-refractivity contribution in [3.05, 3.63) is 71.3 Å². The molecule has 1 aromatic carbocycles. The fourth-order valence-electron chi connectivity index (χ4n) is 6.52. The largest absolute Gasteiger partial charge is 0.388 e. The highest BCUT2D eigenvalue weighted by Gasteiger charge is 2.43. The zero-order valence-corrected chi connectivity index (χ0v) is 21.1. The van der Waals surface area contributed by atoms with Crippen molar-refractivity contribution in [2.24, 2.45) is 23.2 Å². The van der Waals surface area contributed by atoms with Gasteiger partial charge in [-0.25, -0.2) is 0 Å². The summed E-state index contributed by atoms with van der Waals surface area (Å²) in [6.45, 7) is 14.1. The molecule has 1 heteroatoms. The molecule has 1 nitrogen and oxygen atoms in total. The Labute approximate surface area is 197 Å². The van der Waals surface area contributed by atoms with Gasteiger partial charge in [-0.2, -0.15) is 0 Å². The molecule has 0 aliphatic heterocycles. The van der Waals surface area contributed by atoms with Gasteiger partial charge in [0.25, 0.3) is 0 Å². The molecular formula is C31H46O. The first-order valence-electron chi connectivity index (χ1n) is 13.2. The molecule has 1 N–H and O–H groups in total. The van der Waals surface area contributed by atoms with Crippen molar-refractivity contribution >= 4 is 0 Å². The normalized spacial score (nSPS) is 31.1. The Hall–Kier alpha value is -1.60. The van der Waals surface area contributed by atoms with E-state index in [1.54, 1.807) is 5.57 Å². The number of aliphatic hydroxyl groups is 1. The van der Waals surface area contributed by atoms with E-state index in [1.807, 2.05) is 0 Å². The smallest absolute Gasteiger partial charge is 0.0787 e. The van der Waals surface area contributed by atoms with Crippen LogP contribution >= 0.6 is 0 Å². The molecular weight excluding hydrogens is 388 g/mol. The van der Waals surface area contributed by atoms with E-state index in [1.165, 1.54) is 56.1 Å². The summed E-state index contributed by atoms with van der Waals surface area (Å²) in [7, 11) is 0. The zero-order chi connectivity index (χ0) is 23.1. The predicted octanol–water partition coefficient (Wildman–Crippen LogP) is 8.45. The standard InChI is InChI=1S/C31H46O/c1-6-29-28(21-20-27-17-11-19-30(32)24(27)3)18-12-22-31(29,5)25(4)23(2)13-10-16-26-14-8-7-9-15-26/h7-9,14-15,20-21,23,25,29-30,32H,3,6,10-13,16-19,22H2,1-2,4-5H3/b27-20-,28-21+/t23-,25?,29?,30?,31?/m1/s1. The Kier molecular flexibility index (Phi) is 9.00. The van der Waals surface area contributed by atoms with E-state index in [0.29, 0.717) is 17.3 Å². The highest BCUT2D eigenvalue weighted by Crippen LogP contribution is 2.53. The van der Waals surface area contributed by atoms with Crippen molar-refractivity contribution in [3.63, 3.8) is 0 Å². The third-order valence-electron chi connectivity index (χ3n) is 8.93. The second kappa shape index (κ2) is 11.5. The Bertz CT molecular complexity index is 801. The number of hydrogen-bond acceptors (Lipinski definition) is 1. The Morgan fingerprint density at radius 2 is 1.88 bits per heavy atom. The van der Waals surface area contributed by atoms with E-state index in [-0.39, 0.29) is 6.10 Å². The molecule has 0 heterocycles. The minimum Gasteiger partial charge on any atom is -0.388 e. The first-order valence-corrected chi connectivity index (χ1v) is 13.2. The minimum atomic E-state index is -0.344. The molecule has 1 aromatic rings. The van der Waals surface area contributed by atoms with Crippen LogP contribution in [0.5, 0.6) is 0 Å². The van der Waals surface area contributed by atoms with Gasteiger partial charge >= 0.3 is 0 Å². The molecule has 0 amide bonds. The summed E-state index contributed by atoms with van der Waals surface area (Å²) in [6.07, 6.45) is 16.2. The van der Waals surface area contributed by atoms with Crippen LogP contribution in [0.1, 0.15) is 91.0 Å². The highest BCUT2D eigenvalue weighted by molar-refractivity contribution is 5.37. The summed E-state index contributed by atoms with van der Waals surface area (Å²) < 4.78 is 0. The summed E-state index contributed by atoms with van der Waals surface area (Å²) in [5.41, 5.74) is 5.67. The molecule has 2 aliphatic carbocycles. The number of aliphatic hydroxyl groups excluding tert-OH is 1. The van der Waals surface area contributed by atoms with Crippen LogP contribution in [0.4, 0.5) is 0 Å². The SMILES string of the molecule is C=C1/C(=C\C=C2/CCCC(C)(C(C)[C@H](C)CCCc3ccccc3)C2CC)CCCC1O. The van der Waals surface area contributed by atoms with Crippen LogP contribution in [0.15, 0.2) is 65.8 Å². The molecule has 0 aromatic heterocycles. The van der Waals surface area contributed by atoms with Crippen LogP contribution in [0.2, 0.25) is 0 Å². The molecule has 176 valence electrons. The first kappa shape index (κ1) is 25.0. The van der Waals surface area contributed by atoms with Gasteiger partial charge in [-0.1, -0.05) is 88.8 Å². The van der Waals surface area contributed by atoms with Gasteiger partial charge in [-0.15, -0.1) is 0 Å². The van der Waals surface area contributed by atoms with Gasteiger partial charge < -0.3 is 5.11 Å². The summed E-state index contributed by atoms with van der Waals surface area (Å²) >= 11 is 0. The van der Waals surface area contributed by atoms with E-state index in [4.69, 9.17) is 0 Å². The van der Waals surface area contributed by atoms with Gasteiger partial charge in [0.2, 0.25) is 0 Å². The molecule has 0 spiro atoms. The van der Waals surface area contributed by atoms with Gasteiger partial charge in [0, 0.05) is 0 Å². The summed E-state index contributed by atoms with van der Waals surface area (Å²) in [6, 6.07) is 10.9. The van der Waals surface area contributed by atoms with Crippen LogP contribution in [-0.4, -0.2) is 11.2 Å². The third kappa shape index (κ3) is 5.84. The maximum atomic E-state index is 10.2. The van der Waals surface area contributed by atoms with Gasteiger partial charge in [-0.05, 0) is 97.7 Å². The van der Waals surface area contributed by atoms with Crippen molar-refractivity contribution < 1.29 is 5.11 Å².